The van der Waals surface area contributed by atoms with Gasteiger partial charge in [-0.1, -0.05) is 0 Å². The number of hydrogen-bond acceptors (Lipinski definition) is 5. The third kappa shape index (κ3) is 1.32. The van der Waals surface area contributed by atoms with Gasteiger partial charge in [0.2, 0.25) is 0 Å². The summed E-state index contributed by atoms with van der Waals surface area (Å²) in [5.74, 6) is 0.420. The van der Waals surface area contributed by atoms with Crippen LogP contribution in [-0.2, 0) is 0 Å². The SMILES string of the molecule is ONC=Nc1ncnc2nc[nH]c12. The molecule has 0 aromatic carbocycles. The summed E-state index contributed by atoms with van der Waals surface area (Å²) in [6, 6.07) is 0. The molecule has 66 valence electrons. The highest BCUT2D eigenvalue weighted by Crippen LogP contribution is 2.16. The first kappa shape index (κ1) is 7.62. The minimum absolute atomic E-state index is 0.420. The van der Waals surface area contributed by atoms with Crippen molar-refractivity contribution in [3.8, 4) is 0 Å². The molecule has 0 aliphatic rings. The van der Waals surface area contributed by atoms with Crippen LogP contribution in [0.1, 0.15) is 0 Å². The predicted molar refractivity (Wildman–Crippen MR) is 44.8 cm³/mol. The van der Waals surface area contributed by atoms with Crippen LogP contribution in [0.3, 0.4) is 0 Å². The van der Waals surface area contributed by atoms with Crippen molar-refractivity contribution in [1.29, 1.82) is 0 Å². The van der Waals surface area contributed by atoms with Gasteiger partial charge in [0.15, 0.2) is 11.5 Å². The number of fused-ring (bicyclic) bond motifs is 1. The second-order valence-electron chi connectivity index (χ2n) is 2.19. The zero-order valence-corrected chi connectivity index (χ0v) is 6.47. The maximum Gasteiger partial charge on any atom is 0.182 e. The fourth-order valence-electron chi connectivity index (χ4n) is 0.940. The van der Waals surface area contributed by atoms with Crippen molar-refractivity contribution in [2.24, 2.45) is 4.99 Å². The second kappa shape index (κ2) is 3.15. The zero-order chi connectivity index (χ0) is 9.10. The molecule has 0 spiro atoms. The molecule has 7 nitrogen and oxygen atoms in total. The van der Waals surface area contributed by atoms with Gasteiger partial charge in [-0.05, 0) is 0 Å². The monoisotopic (exact) mass is 178 g/mol. The molecule has 0 saturated carbocycles. The first-order valence-corrected chi connectivity index (χ1v) is 3.48. The van der Waals surface area contributed by atoms with E-state index in [-0.39, 0.29) is 0 Å². The van der Waals surface area contributed by atoms with E-state index in [2.05, 4.69) is 24.9 Å². The third-order valence-electron chi connectivity index (χ3n) is 1.45. The second-order valence-corrected chi connectivity index (χ2v) is 2.19. The van der Waals surface area contributed by atoms with Crippen molar-refractivity contribution >= 4 is 23.3 Å². The number of rotatable bonds is 2. The Kier molecular flexibility index (Phi) is 1.85. The van der Waals surface area contributed by atoms with Crippen LogP contribution in [0, 0.1) is 0 Å². The molecule has 0 unspecified atom stereocenters. The minimum Gasteiger partial charge on any atom is -0.340 e. The van der Waals surface area contributed by atoms with Gasteiger partial charge in [-0.25, -0.2) is 19.9 Å². The van der Waals surface area contributed by atoms with Gasteiger partial charge in [0.05, 0.1) is 6.33 Å². The molecule has 2 rings (SSSR count). The Morgan fingerprint density at radius 1 is 1.46 bits per heavy atom. The van der Waals surface area contributed by atoms with Crippen LogP contribution in [0.2, 0.25) is 0 Å². The van der Waals surface area contributed by atoms with Crippen LogP contribution in [0.4, 0.5) is 5.82 Å². The molecule has 2 aromatic heterocycles. The standard InChI is InChI=1S/C6H6N6O/c13-12-3-11-6-4-5(8-1-7-4)9-2-10-6/h1-3,13H,(H2,7,8,9,10,11,12). The molecule has 0 fully saturated rings. The van der Waals surface area contributed by atoms with Gasteiger partial charge in [-0.2, -0.15) is 0 Å². The third-order valence-corrected chi connectivity index (χ3v) is 1.45. The van der Waals surface area contributed by atoms with Gasteiger partial charge in [0, 0.05) is 0 Å². The van der Waals surface area contributed by atoms with Crippen LogP contribution in [0.15, 0.2) is 17.6 Å². The molecule has 3 N–H and O–H groups in total. The molecule has 0 radical (unpaired) electrons. The summed E-state index contributed by atoms with van der Waals surface area (Å²) in [6.45, 7) is 0. The van der Waals surface area contributed by atoms with E-state index in [1.54, 1.807) is 5.48 Å². The quantitative estimate of drug-likeness (QED) is 0.341. The highest BCUT2D eigenvalue weighted by atomic mass is 16.5. The van der Waals surface area contributed by atoms with Gasteiger partial charge in [-0.15, -0.1) is 0 Å². The number of H-pyrrole nitrogens is 1. The molecular weight excluding hydrogens is 172 g/mol. The number of hydroxylamine groups is 1. The minimum atomic E-state index is 0.420. The number of aromatic amines is 1. The molecule has 13 heavy (non-hydrogen) atoms. The van der Waals surface area contributed by atoms with E-state index in [9.17, 15) is 0 Å². The number of nitrogens with zero attached hydrogens (tertiary/aromatic N) is 4. The lowest BCUT2D eigenvalue weighted by Crippen LogP contribution is -2.01. The number of imidazole rings is 1. The molecule has 0 bridgehead atoms. The van der Waals surface area contributed by atoms with Gasteiger partial charge < -0.3 is 4.98 Å². The first-order chi connectivity index (χ1) is 6.42. The van der Waals surface area contributed by atoms with Crippen LogP contribution in [0.25, 0.3) is 11.2 Å². The first-order valence-electron chi connectivity index (χ1n) is 3.48. The molecule has 0 saturated heterocycles. The predicted octanol–water partition coefficient (Wildman–Crippen LogP) is -0.00850. The Bertz CT molecular complexity index is 435. The highest BCUT2D eigenvalue weighted by molar-refractivity contribution is 5.82. The normalized spacial score (nSPS) is 11.2. The van der Waals surface area contributed by atoms with Gasteiger partial charge in [0.25, 0.3) is 0 Å². The lowest BCUT2D eigenvalue weighted by atomic mass is 10.5. The summed E-state index contributed by atoms with van der Waals surface area (Å²) >= 11 is 0. The number of aliphatic imine (C=N–C) groups is 1. The largest absolute Gasteiger partial charge is 0.340 e. The van der Waals surface area contributed by atoms with E-state index in [1.807, 2.05) is 0 Å². The molecule has 2 heterocycles. The maximum absolute atomic E-state index is 8.28. The fourth-order valence-corrected chi connectivity index (χ4v) is 0.940. The van der Waals surface area contributed by atoms with Crippen molar-refractivity contribution in [2.45, 2.75) is 0 Å². The smallest absolute Gasteiger partial charge is 0.182 e. The number of hydrogen-bond donors (Lipinski definition) is 3. The molecular formula is C6H6N6O. The van der Waals surface area contributed by atoms with Crippen LogP contribution in [-0.4, -0.2) is 31.5 Å². The Morgan fingerprint density at radius 3 is 3.23 bits per heavy atom. The maximum atomic E-state index is 8.28. The average molecular weight is 178 g/mol. The molecule has 0 aliphatic heterocycles. The van der Waals surface area contributed by atoms with E-state index in [0.717, 1.165) is 6.34 Å². The van der Waals surface area contributed by atoms with Crippen molar-refractivity contribution in [1.82, 2.24) is 25.4 Å². The Balaban J connectivity index is 2.54. The summed E-state index contributed by atoms with van der Waals surface area (Å²) in [4.78, 5) is 18.4. The van der Waals surface area contributed by atoms with Crippen molar-refractivity contribution in [2.75, 3.05) is 0 Å². The Hall–Kier alpha value is -2.02. The lowest BCUT2D eigenvalue weighted by molar-refractivity contribution is 0.240. The topological polar surface area (TPSA) is 99.1 Å². The van der Waals surface area contributed by atoms with Gasteiger partial charge in [-0.3, -0.25) is 10.7 Å². The Morgan fingerprint density at radius 2 is 2.38 bits per heavy atom. The molecule has 2 aromatic rings. The van der Waals surface area contributed by atoms with Crippen LogP contribution < -0.4 is 5.48 Å². The van der Waals surface area contributed by atoms with Crippen LogP contribution in [0.5, 0.6) is 0 Å². The van der Waals surface area contributed by atoms with Gasteiger partial charge >= 0.3 is 0 Å². The number of aromatic nitrogens is 4. The summed E-state index contributed by atoms with van der Waals surface area (Å²) < 4.78 is 0. The van der Waals surface area contributed by atoms with E-state index in [1.165, 1.54) is 12.7 Å². The van der Waals surface area contributed by atoms with E-state index in [0.29, 0.717) is 17.0 Å². The summed E-state index contributed by atoms with van der Waals surface area (Å²) in [6.07, 6.45) is 3.97. The number of nitrogens with one attached hydrogen (secondary N) is 2. The van der Waals surface area contributed by atoms with Crippen molar-refractivity contribution in [3.63, 3.8) is 0 Å². The summed E-state index contributed by atoms with van der Waals surface area (Å²) in [5.41, 5.74) is 2.96. The van der Waals surface area contributed by atoms with Crippen molar-refractivity contribution in [3.05, 3.63) is 12.7 Å². The van der Waals surface area contributed by atoms with E-state index >= 15 is 0 Å². The van der Waals surface area contributed by atoms with E-state index in [4.69, 9.17) is 5.21 Å². The summed E-state index contributed by atoms with van der Waals surface area (Å²) in [5, 5.41) is 8.28. The average Bonchev–Trinajstić information content (AvgIpc) is 2.62. The van der Waals surface area contributed by atoms with Crippen LogP contribution >= 0.6 is 0 Å². The van der Waals surface area contributed by atoms with Gasteiger partial charge in [0.1, 0.15) is 18.2 Å². The zero-order valence-electron chi connectivity index (χ0n) is 6.47. The van der Waals surface area contributed by atoms with E-state index < -0.39 is 0 Å². The molecule has 0 aliphatic carbocycles. The lowest BCUT2D eigenvalue weighted by Gasteiger charge is -1.92. The Labute approximate surface area is 72.5 Å². The summed E-state index contributed by atoms with van der Waals surface area (Å²) in [7, 11) is 0. The molecule has 0 atom stereocenters. The highest BCUT2D eigenvalue weighted by Gasteiger charge is 2.02. The molecule has 7 heteroatoms. The molecule has 0 amide bonds. The fraction of sp³-hybridized carbons (Fsp3) is 0. The van der Waals surface area contributed by atoms with Crippen molar-refractivity contribution < 1.29 is 5.21 Å².